The van der Waals surface area contributed by atoms with E-state index >= 15 is 0 Å². The molecule has 0 aromatic carbocycles. The lowest BCUT2D eigenvalue weighted by Gasteiger charge is -2.11. The van der Waals surface area contributed by atoms with E-state index in [2.05, 4.69) is 20.9 Å². The molecule has 0 amide bonds. The summed E-state index contributed by atoms with van der Waals surface area (Å²) < 4.78 is 0.685. The highest BCUT2D eigenvalue weighted by atomic mass is 79.9. The van der Waals surface area contributed by atoms with Crippen molar-refractivity contribution in [2.24, 2.45) is 16.6 Å². The first-order chi connectivity index (χ1) is 5.70. The first-order valence-corrected chi connectivity index (χ1v) is 4.72. The number of aliphatic hydroxyl groups is 1. The predicted octanol–water partition coefficient (Wildman–Crippen LogP) is 1.02. The molecule has 0 aliphatic heterocycles. The number of halogens is 1. The normalized spacial score (nSPS) is 22.6. The molecule has 0 aromatic rings. The molecule has 0 aromatic heterocycles. The molecular formula is C8H13BrN2O. The molecule has 3 nitrogen and oxygen atoms in total. The quantitative estimate of drug-likeness (QED) is 0.715. The molecule has 12 heavy (non-hydrogen) atoms. The van der Waals surface area contributed by atoms with Gasteiger partial charge in [0, 0.05) is 13.2 Å². The van der Waals surface area contributed by atoms with Crippen molar-refractivity contribution in [3.8, 4) is 0 Å². The number of aliphatic hydroxyl groups excluding tert-OH is 1. The molecule has 0 spiro atoms. The SMILES string of the molecule is CN=C(C(Br)=CN)C(O)C1CC1. The third-order valence-electron chi connectivity index (χ3n) is 1.98. The van der Waals surface area contributed by atoms with Crippen LogP contribution in [0.25, 0.3) is 0 Å². The number of hydrogen-bond acceptors (Lipinski definition) is 3. The average Bonchev–Trinajstić information content (AvgIpc) is 2.87. The molecule has 1 fully saturated rings. The first kappa shape index (κ1) is 9.74. The Hall–Kier alpha value is -0.350. The van der Waals surface area contributed by atoms with Crippen LogP contribution in [0.1, 0.15) is 12.8 Å². The largest absolute Gasteiger partial charge is 0.404 e. The molecular weight excluding hydrogens is 220 g/mol. The molecule has 1 rings (SSSR count). The van der Waals surface area contributed by atoms with Gasteiger partial charge in [-0.05, 0) is 34.7 Å². The van der Waals surface area contributed by atoms with Gasteiger partial charge >= 0.3 is 0 Å². The monoisotopic (exact) mass is 232 g/mol. The maximum absolute atomic E-state index is 9.69. The van der Waals surface area contributed by atoms with Crippen LogP contribution >= 0.6 is 15.9 Å². The fourth-order valence-corrected chi connectivity index (χ4v) is 1.51. The van der Waals surface area contributed by atoms with Gasteiger partial charge in [0.25, 0.3) is 0 Å². The van der Waals surface area contributed by atoms with Crippen molar-refractivity contribution in [3.63, 3.8) is 0 Å². The van der Waals surface area contributed by atoms with E-state index in [-0.39, 0.29) is 0 Å². The number of rotatable bonds is 3. The third kappa shape index (κ3) is 2.08. The fraction of sp³-hybridized carbons (Fsp3) is 0.625. The second-order valence-corrected chi connectivity index (χ2v) is 3.76. The van der Waals surface area contributed by atoms with E-state index in [9.17, 15) is 5.11 Å². The Kier molecular flexibility index (Phi) is 3.29. The minimum atomic E-state index is -0.454. The number of nitrogens with zero attached hydrogens (tertiary/aromatic N) is 1. The zero-order valence-electron chi connectivity index (χ0n) is 7.00. The number of hydrogen-bond donors (Lipinski definition) is 2. The van der Waals surface area contributed by atoms with Crippen molar-refractivity contribution in [3.05, 3.63) is 10.7 Å². The Morgan fingerprint density at radius 2 is 2.33 bits per heavy atom. The first-order valence-electron chi connectivity index (χ1n) is 3.93. The van der Waals surface area contributed by atoms with Crippen LogP contribution in [-0.2, 0) is 0 Å². The number of nitrogens with two attached hydrogens (primary N) is 1. The summed E-state index contributed by atoms with van der Waals surface area (Å²) in [6.07, 6.45) is 3.13. The van der Waals surface area contributed by atoms with Crippen molar-refractivity contribution >= 4 is 21.6 Å². The summed E-state index contributed by atoms with van der Waals surface area (Å²) in [6, 6.07) is 0. The van der Waals surface area contributed by atoms with Crippen LogP contribution in [0.2, 0.25) is 0 Å². The molecule has 4 heteroatoms. The molecule has 0 saturated heterocycles. The van der Waals surface area contributed by atoms with Crippen molar-refractivity contribution in [1.82, 2.24) is 0 Å². The summed E-state index contributed by atoms with van der Waals surface area (Å²) in [5, 5.41) is 9.69. The molecule has 0 radical (unpaired) electrons. The number of aliphatic imine (C=N–C) groups is 1. The van der Waals surface area contributed by atoms with Crippen molar-refractivity contribution < 1.29 is 5.11 Å². The van der Waals surface area contributed by atoms with E-state index in [1.165, 1.54) is 6.20 Å². The highest BCUT2D eigenvalue weighted by molar-refractivity contribution is 9.12. The van der Waals surface area contributed by atoms with E-state index < -0.39 is 6.10 Å². The standard InChI is InChI=1S/C8H13BrN2O/c1-11-7(6(9)4-10)8(12)5-2-3-5/h4-5,8,12H,2-3,10H2,1H3. The Morgan fingerprint density at radius 3 is 2.67 bits per heavy atom. The smallest absolute Gasteiger partial charge is 0.0995 e. The van der Waals surface area contributed by atoms with Crippen LogP contribution in [0.3, 0.4) is 0 Å². The van der Waals surface area contributed by atoms with Gasteiger partial charge in [-0.15, -0.1) is 0 Å². The zero-order chi connectivity index (χ0) is 9.14. The fourth-order valence-electron chi connectivity index (χ4n) is 1.10. The molecule has 68 valence electrons. The maximum Gasteiger partial charge on any atom is 0.0995 e. The summed E-state index contributed by atoms with van der Waals surface area (Å²) in [5.41, 5.74) is 5.96. The van der Waals surface area contributed by atoms with Crippen molar-refractivity contribution in [2.45, 2.75) is 18.9 Å². The van der Waals surface area contributed by atoms with E-state index in [1.807, 2.05) is 0 Å². The maximum atomic E-state index is 9.69. The molecule has 0 bridgehead atoms. The van der Waals surface area contributed by atoms with Crippen molar-refractivity contribution in [2.75, 3.05) is 7.05 Å². The van der Waals surface area contributed by atoms with Gasteiger partial charge in [0.05, 0.1) is 16.3 Å². The summed E-state index contributed by atoms with van der Waals surface area (Å²) in [6.45, 7) is 0. The van der Waals surface area contributed by atoms with Crippen LogP contribution in [0, 0.1) is 5.92 Å². The molecule has 1 aliphatic rings. The minimum absolute atomic E-state index is 0.385. The summed E-state index contributed by atoms with van der Waals surface area (Å²) in [5.74, 6) is 0.385. The molecule has 0 heterocycles. The zero-order valence-corrected chi connectivity index (χ0v) is 8.58. The molecule has 3 N–H and O–H groups in total. The Balaban J connectivity index is 2.67. The Morgan fingerprint density at radius 1 is 1.75 bits per heavy atom. The Bertz CT molecular complexity index is 221. The van der Waals surface area contributed by atoms with Crippen LogP contribution in [-0.4, -0.2) is 24.0 Å². The van der Waals surface area contributed by atoms with Gasteiger partial charge in [0.2, 0.25) is 0 Å². The topological polar surface area (TPSA) is 58.6 Å². The Labute approximate surface area is 80.5 Å². The van der Waals surface area contributed by atoms with Crippen LogP contribution in [0.15, 0.2) is 15.7 Å². The van der Waals surface area contributed by atoms with Crippen LogP contribution < -0.4 is 5.73 Å². The van der Waals surface area contributed by atoms with Crippen molar-refractivity contribution in [1.29, 1.82) is 0 Å². The molecule has 1 unspecified atom stereocenters. The van der Waals surface area contributed by atoms with E-state index in [0.717, 1.165) is 12.8 Å². The second kappa shape index (κ2) is 4.05. The molecule has 1 saturated carbocycles. The molecule has 1 atom stereocenters. The van der Waals surface area contributed by atoms with Gasteiger partial charge < -0.3 is 10.8 Å². The van der Waals surface area contributed by atoms with Gasteiger partial charge in [-0.1, -0.05) is 0 Å². The summed E-state index contributed by atoms with van der Waals surface area (Å²) >= 11 is 3.25. The van der Waals surface area contributed by atoms with Gasteiger partial charge in [-0.25, -0.2) is 0 Å². The average molecular weight is 233 g/mol. The molecule has 1 aliphatic carbocycles. The highest BCUT2D eigenvalue weighted by Crippen LogP contribution is 2.34. The lowest BCUT2D eigenvalue weighted by atomic mass is 10.1. The van der Waals surface area contributed by atoms with E-state index in [0.29, 0.717) is 16.1 Å². The van der Waals surface area contributed by atoms with E-state index in [1.54, 1.807) is 7.05 Å². The lowest BCUT2D eigenvalue weighted by Crippen LogP contribution is -2.23. The minimum Gasteiger partial charge on any atom is -0.404 e. The van der Waals surface area contributed by atoms with Gasteiger partial charge in [0.15, 0.2) is 0 Å². The summed E-state index contributed by atoms with van der Waals surface area (Å²) in [4.78, 5) is 3.99. The second-order valence-electron chi connectivity index (χ2n) is 2.91. The predicted molar refractivity (Wildman–Crippen MR) is 53.3 cm³/mol. The summed E-state index contributed by atoms with van der Waals surface area (Å²) in [7, 11) is 1.66. The van der Waals surface area contributed by atoms with Gasteiger partial charge in [-0.2, -0.15) is 0 Å². The van der Waals surface area contributed by atoms with Gasteiger partial charge in [-0.3, -0.25) is 4.99 Å². The van der Waals surface area contributed by atoms with Crippen LogP contribution in [0.4, 0.5) is 0 Å². The highest BCUT2D eigenvalue weighted by Gasteiger charge is 2.33. The van der Waals surface area contributed by atoms with E-state index in [4.69, 9.17) is 5.73 Å². The van der Waals surface area contributed by atoms with Gasteiger partial charge in [0.1, 0.15) is 0 Å². The van der Waals surface area contributed by atoms with Crippen LogP contribution in [0.5, 0.6) is 0 Å². The third-order valence-corrected chi connectivity index (χ3v) is 2.65. The lowest BCUT2D eigenvalue weighted by molar-refractivity contribution is 0.219.